The number of halogens is 2. The van der Waals surface area contributed by atoms with Crippen LogP contribution in [-0.2, 0) is 16.0 Å². The highest BCUT2D eigenvalue weighted by Gasteiger charge is 2.47. The SMILES string of the molecule is COc1c(Cl)cc(/C(O)=C2/C(=O)C(=O)N(CCc3c[nH]c4ccccc34)C2c2ccco2)cc1Cl. The number of carbonyl (C=O) groups is 2. The van der Waals surface area contributed by atoms with Gasteiger partial charge in [0, 0.05) is 29.2 Å². The lowest BCUT2D eigenvalue weighted by molar-refractivity contribution is -0.140. The summed E-state index contributed by atoms with van der Waals surface area (Å²) < 4.78 is 10.7. The Hall–Kier alpha value is -3.68. The maximum Gasteiger partial charge on any atom is 0.295 e. The molecule has 5 rings (SSSR count). The number of ether oxygens (including phenoxy) is 1. The number of ketones is 1. The Labute approximate surface area is 210 Å². The number of aromatic nitrogens is 1. The summed E-state index contributed by atoms with van der Waals surface area (Å²) in [5.41, 5.74) is 2.09. The topological polar surface area (TPSA) is 95.8 Å². The second kappa shape index (κ2) is 9.17. The Bertz CT molecular complexity index is 1450. The Morgan fingerprint density at radius 2 is 1.89 bits per heavy atom. The predicted octanol–water partition coefficient (Wildman–Crippen LogP) is 5.74. The molecule has 0 aliphatic carbocycles. The van der Waals surface area contributed by atoms with Gasteiger partial charge >= 0.3 is 0 Å². The van der Waals surface area contributed by atoms with Crippen LogP contribution in [0.15, 0.2) is 71.0 Å². The van der Waals surface area contributed by atoms with E-state index >= 15 is 0 Å². The largest absolute Gasteiger partial charge is 0.507 e. The number of para-hydroxylation sites is 1. The summed E-state index contributed by atoms with van der Waals surface area (Å²) in [6.07, 6.45) is 3.84. The molecule has 0 radical (unpaired) electrons. The minimum atomic E-state index is -0.908. The Balaban J connectivity index is 1.55. The molecule has 1 atom stereocenters. The smallest absolute Gasteiger partial charge is 0.295 e. The van der Waals surface area contributed by atoms with Gasteiger partial charge in [-0.3, -0.25) is 9.59 Å². The summed E-state index contributed by atoms with van der Waals surface area (Å²) in [6.45, 7) is 0.235. The van der Waals surface area contributed by atoms with Crippen molar-refractivity contribution in [2.45, 2.75) is 12.5 Å². The van der Waals surface area contributed by atoms with E-state index in [1.807, 2.05) is 30.5 Å². The van der Waals surface area contributed by atoms with Crippen LogP contribution in [0.4, 0.5) is 0 Å². The lowest BCUT2D eigenvalue weighted by atomic mass is 9.99. The van der Waals surface area contributed by atoms with Crippen molar-refractivity contribution in [3.8, 4) is 5.75 Å². The van der Waals surface area contributed by atoms with Crippen LogP contribution >= 0.6 is 23.2 Å². The van der Waals surface area contributed by atoms with Gasteiger partial charge in [0.05, 0.1) is 29.0 Å². The number of nitrogens with zero attached hydrogens (tertiary/aromatic N) is 1. The van der Waals surface area contributed by atoms with Gasteiger partial charge in [-0.2, -0.15) is 0 Å². The molecule has 9 heteroatoms. The zero-order valence-electron chi connectivity index (χ0n) is 18.5. The first-order valence-electron chi connectivity index (χ1n) is 10.8. The molecule has 7 nitrogen and oxygen atoms in total. The second-order valence-electron chi connectivity index (χ2n) is 8.09. The first kappa shape index (κ1) is 23.1. The van der Waals surface area contributed by atoms with Crippen molar-refractivity contribution in [1.82, 2.24) is 9.88 Å². The third-order valence-corrected chi connectivity index (χ3v) is 6.69. The number of likely N-dealkylation sites (tertiary alicyclic amines) is 1. The number of aliphatic hydroxyl groups excluding tert-OH is 1. The van der Waals surface area contributed by atoms with Crippen molar-refractivity contribution < 1.29 is 23.8 Å². The fourth-order valence-corrected chi connectivity index (χ4v) is 5.12. The van der Waals surface area contributed by atoms with Crippen LogP contribution in [0.5, 0.6) is 5.75 Å². The molecule has 1 aliphatic heterocycles. The van der Waals surface area contributed by atoms with Gasteiger partial charge in [-0.15, -0.1) is 0 Å². The summed E-state index contributed by atoms with van der Waals surface area (Å²) in [7, 11) is 1.42. The van der Waals surface area contributed by atoms with E-state index in [-0.39, 0.29) is 33.5 Å². The van der Waals surface area contributed by atoms with Gasteiger partial charge in [-0.1, -0.05) is 41.4 Å². The minimum absolute atomic E-state index is 0.0961. The molecule has 1 fully saturated rings. The molecule has 1 aliphatic rings. The molecule has 0 saturated carbocycles. The average Bonchev–Trinajstić information content (AvgIpc) is 3.57. The molecule has 2 aromatic carbocycles. The molecular weight excluding hydrogens is 491 g/mol. The van der Waals surface area contributed by atoms with E-state index in [0.717, 1.165) is 16.5 Å². The highest BCUT2D eigenvalue weighted by atomic mass is 35.5. The van der Waals surface area contributed by atoms with Crippen LogP contribution in [0.2, 0.25) is 10.0 Å². The van der Waals surface area contributed by atoms with E-state index in [1.165, 1.54) is 30.4 Å². The lowest BCUT2D eigenvalue weighted by Gasteiger charge is -2.23. The van der Waals surface area contributed by atoms with Gasteiger partial charge in [0.25, 0.3) is 11.7 Å². The van der Waals surface area contributed by atoms with Crippen LogP contribution in [0.25, 0.3) is 16.7 Å². The molecule has 2 N–H and O–H groups in total. The van der Waals surface area contributed by atoms with Gasteiger partial charge in [-0.05, 0) is 42.3 Å². The molecule has 0 spiro atoms. The number of Topliss-reactive ketones (excluding diaryl/α,β-unsaturated/α-hetero) is 1. The number of methoxy groups -OCH3 is 1. The minimum Gasteiger partial charge on any atom is -0.507 e. The number of hydrogen-bond acceptors (Lipinski definition) is 5. The molecule has 0 bridgehead atoms. The molecule has 1 amide bonds. The van der Waals surface area contributed by atoms with Crippen molar-refractivity contribution in [2.75, 3.05) is 13.7 Å². The third kappa shape index (κ3) is 3.96. The number of fused-ring (bicyclic) bond motifs is 1. The van der Waals surface area contributed by atoms with Crippen LogP contribution in [0, 0.1) is 0 Å². The Kier molecular flexibility index (Phi) is 6.05. The molecule has 2 aromatic heterocycles. The first-order valence-corrected chi connectivity index (χ1v) is 11.6. The quantitative estimate of drug-likeness (QED) is 0.196. The van der Waals surface area contributed by atoms with Crippen LogP contribution < -0.4 is 4.74 Å². The fraction of sp³-hybridized carbons (Fsp3) is 0.154. The van der Waals surface area contributed by atoms with E-state index < -0.39 is 23.5 Å². The van der Waals surface area contributed by atoms with Crippen molar-refractivity contribution in [2.24, 2.45) is 0 Å². The summed E-state index contributed by atoms with van der Waals surface area (Å²) in [6, 6.07) is 13.1. The molecule has 35 heavy (non-hydrogen) atoms. The maximum atomic E-state index is 13.2. The third-order valence-electron chi connectivity index (χ3n) is 6.13. The van der Waals surface area contributed by atoms with Crippen molar-refractivity contribution in [3.63, 3.8) is 0 Å². The molecule has 178 valence electrons. The van der Waals surface area contributed by atoms with Crippen LogP contribution in [-0.4, -0.2) is 40.3 Å². The lowest BCUT2D eigenvalue weighted by Crippen LogP contribution is -2.31. The number of rotatable bonds is 6. The second-order valence-corrected chi connectivity index (χ2v) is 8.90. The van der Waals surface area contributed by atoms with Gasteiger partial charge in [-0.25, -0.2) is 0 Å². The van der Waals surface area contributed by atoms with E-state index in [2.05, 4.69) is 4.98 Å². The molecule has 1 unspecified atom stereocenters. The standard InChI is InChI=1S/C26H20Cl2N2O5/c1-34-25-17(27)11-15(12-18(25)28)23(31)21-22(20-7-4-10-35-20)30(26(33)24(21)32)9-8-14-13-29-19-6-3-2-5-16(14)19/h2-7,10-13,22,29,31H,8-9H2,1H3/b23-21-. The zero-order valence-corrected chi connectivity index (χ0v) is 20.1. The summed E-state index contributed by atoms with van der Waals surface area (Å²) >= 11 is 12.5. The van der Waals surface area contributed by atoms with Crippen molar-refractivity contribution in [3.05, 3.63) is 93.5 Å². The Morgan fingerprint density at radius 3 is 2.57 bits per heavy atom. The van der Waals surface area contributed by atoms with E-state index in [1.54, 1.807) is 12.1 Å². The van der Waals surface area contributed by atoms with Gasteiger partial charge in [0.1, 0.15) is 17.6 Å². The number of carbonyl (C=O) groups excluding carboxylic acids is 2. The van der Waals surface area contributed by atoms with Gasteiger partial charge < -0.3 is 24.1 Å². The molecule has 4 aromatic rings. The zero-order chi connectivity index (χ0) is 24.7. The van der Waals surface area contributed by atoms with Crippen molar-refractivity contribution in [1.29, 1.82) is 0 Å². The number of benzene rings is 2. The summed E-state index contributed by atoms with van der Waals surface area (Å²) in [5.74, 6) is -1.34. The number of aliphatic hydroxyl groups is 1. The summed E-state index contributed by atoms with van der Waals surface area (Å²) in [5, 5.41) is 12.5. The van der Waals surface area contributed by atoms with Crippen molar-refractivity contribution >= 4 is 51.6 Å². The number of nitrogens with one attached hydrogen (secondary N) is 1. The number of amides is 1. The van der Waals surface area contributed by atoms with E-state index in [9.17, 15) is 14.7 Å². The van der Waals surface area contributed by atoms with Crippen LogP contribution in [0.3, 0.4) is 0 Å². The summed E-state index contributed by atoms with van der Waals surface area (Å²) in [4.78, 5) is 30.9. The van der Waals surface area contributed by atoms with Crippen LogP contribution in [0.1, 0.15) is 22.9 Å². The highest BCUT2D eigenvalue weighted by Crippen LogP contribution is 2.42. The highest BCUT2D eigenvalue weighted by molar-refractivity contribution is 6.46. The molecule has 3 heterocycles. The van der Waals surface area contributed by atoms with Gasteiger partial charge in [0.2, 0.25) is 0 Å². The normalized spacial score (nSPS) is 17.5. The number of hydrogen-bond donors (Lipinski definition) is 2. The van der Waals surface area contributed by atoms with Gasteiger partial charge in [0.15, 0.2) is 5.75 Å². The first-order chi connectivity index (χ1) is 16.9. The molecular formula is C26H20Cl2N2O5. The monoisotopic (exact) mass is 510 g/mol. The fourth-order valence-electron chi connectivity index (χ4n) is 4.48. The predicted molar refractivity (Wildman–Crippen MR) is 133 cm³/mol. The molecule has 1 saturated heterocycles. The number of H-pyrrole nitrogens is 1. The van der Waals surface area contributed by atoms with E-state index in [4.69, 9.17) is 32.4 Å². The average molecular weight is 511 g/mol. The number of furan rings is 1. The van der Waals surface area contributed by atoms with E-state index in [0.29, 0.717) is 12.2 Å². The Morgan fingerprint density at radius 1 is 1.14 bits per heavy atom. The number of aromatic amines is 1. The maximum absolute atomic E-state index is 13.2.